The Morgan fingerprint density at radius 3 is 2.57 bits per heavy atom. The molecule has 0 bridgehead atoms. The molecule has 0 fully saturated rings. The molecule has 0 aliphatic carbocycles. The highest BCUT2D eigenvalue weighted by Gasteiger charge is 2.21. The van der Waals surface area contributed by atoms with Crippen LogP contribution in [-0.4, -0.2) is 24.5 Å². The summed E-state index contributed by atoms with van der Waals surface area (Å²) in [5.74, 6) is -2.37. The van der Waals surface area contributed by atoms with Crippen LogP contribution in [0, 0.1) is 12.7 Å². The first-order valence-corrected chi connectivity index (χ1v) is 7.26. The SMILES string of the molecule is Cc1ccc(NS(=O)(=O)c2cc(C(=O)O)ccc2F)nc1. The molecule has 2 rings (SSSR count). The molecule has 0 aliphatic heterocycles. The maximum absolute atomic E-state index is 13.7. The highest BCUT2D eigenvalue weighted by atomic mass is 32.2. The largest absolute Gasteiger partial charge is 0.478 e. The molecular formula is C13H11FN2O4S. The smallest absolute Gasteiger partial charge is 0.335 e. The zero-order valence-corrected chi connectivity index (χ0v) is 11.7. The van der Waals surface area contributed by atoms with Gasteiger partial charge in [-0.3, -0.25) is 4.72 Å². The van der Waals surface area contributed by atoms with Gasteiger partial charge < -0.3 is 5.11 Å². The Morgan fingerprint density at radius 2 is 2.00 bits per heavy atom. The fourth-order valence-corrected chi connectivity index (χ4v) is 2.68. The first-order valence-electron chi connectivity index (χ1n) is 5.78. The molecule has 1 heterocycles. The normalized spacial score (nSPS) is 11.1. The van der Waals surface area contributed by atoms with E-state index in [-0.39, 0.29) is 11.4 Å². The van der Waals surface area contributed by atoms with E-state index in [4.69, 9.17) is 5.11 Å². The van der Waals surface area contributed by atoms with Gasteiger partial charge in [-0.15, -0.1) is 0 Å². The van der Waals surface area contributed by atoms with Crippen LogP contribution < -0.4 is 4.72 Å². The number of aromatic carboxylic acids is 1. The minimum absolute atomic E-state index is 0.0146. The third-order valence-electron chi connectivity index (χ3n) is 2.62. The lowest BCUT2D eigenvalue weighted by atomic mass is 10.2. The molecule has 0 saturated carbocycles. The van der Waals surface area contributed by atoms with Gasteiger partial charge in [-0.05, 0) is 36.8 Å². The molecule has 0 atom stereocenters. The number of sulfonamides is 1. The lowest BCUT2D eigenvalue weighted by Gasteiger charge is -2.09. The van der Waals surface area contributed by atoms with Gasteiger partial charge in [0.15, 0.2) is 0 Å². The van der Waals surface area contributed by atoms with Crippen molar-refractivity contribution in [3.05, 3.63) is 53.5 Å². The van der Waals surface area contributed by atoms with Crippen LogP contribution in [0.5, 0.6) is 0 Å². The van der Waals surface area contributed by atoms with E-state index in [9.17, 15) is 17.6 Å². The van der Waals surface area contributed by atoms with E-state index >= 15 is 0 Å². The van der Waals surface area contributed by atoms with Crippen LogP contribution in [0.2, 0.25) is 0 Å². The van der Waals surface area contributed by atoms with Gasteiger partial charge in [-0.1, -0.05) is 6.07 Å². The minimum Gasteiger partial charge on any atom is -0.478 e. The van der Waals surface area contributed by atoms with Crippen LogP contribution >= 0.6 is 0 Å². The van der Waals surface area contributed by atoms with E-state index in [1.807, 2.05) is 0 Å². The van der Waals surface area contributed by atoms with Gasteiger partial charge in [0.1, 0.15) is 16.5 Å². The molecule has 1 aromatic carbocycles. The summed E-state index contributed by atoms with van der Waals surface area (Å²) in [6.45, 7) is 1.78. The Hall–Kier alpha value is -2.48. The predicted octanol–water partition coefficient (Wildman–Crippen LogP) is 2.03. The molecule has 0 spiro atoms. The number of nitrogens with zero attached hydrogens (tertiary/aromatic N) is 1. The zero-order valence-electron chi connectivity index (χ0n) is 10.9. The van der Waals surface area contributed by atoms with Gasteiger partial charge in [0.05, 0.1) is 5.56 Å². The Kier molecular flexibility index (Phi) is 3.90. The second-order valence-electron chi connectivity index (χ2n) is 4.28. The number of hydrogen-bond donors (Lipinski definition) is 2. The maximum Gasteiger partial charge on any atom is 0.335 e. The summed E-state index contributed by atoms with van der Waals surface area (Å²) in [6, 6.07) is 5.59. The number of hydrogen-bond acceptors (Lipinski definition) is 4. The number of aromatic nitrogens is 1. The van der Waals surface area contributed by atoms with Crippen LogP contribution in [0.3, 0.4) is 0 Å². The summed E-state index contributed by atoms with van der Waals surface area (Å²) in [5.41, 5.74) is 0.505. The van der Waals surface area contributed by atoms with E-state index in [2.05, 4.69) is 9.71 Å². The fraction of sp³-hybridized carbons (Fsp3) is 0.0769. The van der Waals surface area contributed by atoms with Crippen molar-refractivity contribution in [2.24, 2.45) is 0 Å². The molecule has 0 radical (unpaired) electrons. The summed E-state index contributed by atoms with van der Waals surface area (Å²) in [4.78, 5) is 13.9. The molecule has 2 N–H and O–H groups in total. The quantitative estimate of drug-likeness (QED) is 0.900. The number of anilines is 1. The molecule has 21 heavy (non-hydrogen) atoms. The Labute approximate surface area is 120 Å². The van der Waals surface area contributed by atoms with Gasteiger partial charge in [0, 0.05) is 6.20 Å². The molecule has 110 valence electrons. The standard InChI is InChI=1S/C13H11FN2O4S/c1-8-2-5-12(15-7-8)16-21(19,20)11-6-9(13(17)18)3-4-10(11)14/h2-7H,1H3,(H,15,16)(H,17,18). The van der Waals surface area contributed by atoms with Crippen molar-refractivity contribution >= 4 is 21.8 Å². The first kappa shape index (κ1) is 14.9. The summed E-state index contributed by atoms with van der Waals surface area (Å²) >= 11 is 0. The molecular weight excluding hydrogens is 299 g/mol. The number of pyridine rings is 1. The van der Waals surface area contributed by atoms with E-state index in [1.54, 1.807) is 13.0 Å². The van der Waals surface area contributed by atoms with Crippen molar-refractivity contribution in [3.8, 4) is 0 Å². The topological polar surface area (TPSA) is 96.4 Å². The van der Waals surface area contributed by atoms with E-state index in [0.717, 1.165) is 23.8 Å². The van der Waals surface area contributed by atoms with Gasteiger partial charge in [-0.2, -0.15) is 0 Å². The van der Waals surface area contributed by atoms with E-state index < -0.39 is 26.7 Å². The summed E-state index contributed by atoms with van der Waals surface area (Å²) in [7, 11) is -4.26. The summed E-state index contributed by atoms with van der Waals surface area (Å²) in [6.07, 6.45) is 1.45. The summed E-state index contributed by atoms with van der Waals surface area (Å²) < 4.78 is 40.0. The Morgan fingerprint density at radius 1 is 1.29 bits per heavy atom. The van der Waals surface area contributed by atoms with Gasteiger partial charge in [0.2, 0.25) is 0 Å². The number of carbonyl (C=O) groups is 1. The number of aryl methyl sites for hydroxylation is 1. The monoisotopic (exact) mass is 310 g/mol. The third kappa shape index (κ3) is 3.34. The van der Waals surface area contributed by atoms with Crippen LogP contribution in [0.25, 0.3) is 0 Å². The van der Waals surface area contributed by atoms with E-state index in [1.165, 1.54) is 12.3 Å². The Balaban J connectivity index is 2.41. The molecule has 0 amide bonds. The zero-order chi connectivity index (χ0) is 15.6. The second-order valence-corrected chi connectivity index (χ2v) is 5.93. The average Bonchev–Trinajstić information content (AvgIpc) is 2.41. The maximum atomic E-state index is 13.7. The molecule has 0 aliphatic rings. The van der Waals surface area contributed by atoms with Gasteiger partial charge >= 0.3 is 5.97 Å². The van der Waals surface area contributed by atoms with Crippen LogP contribution in [-0.2, 0) is 10.0 Å². The number of carboxylic acid groups (broad SMARTS) is 1. The summed E-state index contributed by atoms with van der Waals surface area (Å²) in [5, 5.41) is 8.84. The number of halogens is 1. The van der Waals surface area contributed by atoms with Gasteiger partial charge in [0.25, 0.3) is 10.0 Å². The molecule has 8 heteroatoms. The highest BCUT2D eigenvalue weighted by Crippen LogP contribution is 2.19. The predicted molar refractivity (Wildman–Crippen MR) is 73.1 cm³/mol. The van der Waals surface area contributed by atoms with Crippen LogP contribution in [0.1, 0.15) is 15.9 Å². The van der Waals surface area contributed by atoms with Crippen LogP contribution in [0.4, 0.5) is 10.2 Å². The minimum atomic E-state index is -4.26. The Bertz CT molecular complexity index is 788. The van der Waals surface area contributed by atoms with Crippen molar-refractivity contribution in [1.29, 1.82) is 0 Å². The van der Waals surface area contributed by atoms with Crippen molar-refractivity contribution in [2.45, 2.75) is 11.8 Å². The number of nitrogens with one attached hydrogen (secondary N) is 1. The van der Waals surface area contributed by atoms with E-state index in [0.29, 0.717) is 0 Å². The van der Waals surface area contributed by atoms with Crippen molar-refractivity contribution in [2.75, 3.05) is 4.72 Å². The van der Waals surface area contributed by atoms with Crippen molar-refractivity contribution in [1.82, 2.24) is 4.98 Å². The van der Waals surface area contributed by atoms with Crippen molar-refractivity contribution < 1.29 is 22.7 Å². The third-order valence-corrected chi connectivity index (χ3v) is 3.99. The molecule has 1 aromatic heterocycles. The molecule has 0 unspecified atom stereocenters. The average molecular weight is 310 g/mol. The first-order chi connectivity index (χ1) is 9.79. The molecule has 0 saturated heterocycles. The number of rotatable bonds is 4. The number of carboxylic acids is 1. The highest BCUT2D eigenvalue weighted by molar-refractivity contribution is 7.92. The van der Waals surface area contributed by atoms with Crippen LogP contribution in [0.15, 0.2) is 41.4 Å². The fourth-order valence-electron chi connectivity index (χ4n) is 1.56. The molecule has 6 nitrogen and oxygen atoms in total. The van der Waals surface area contributed by atoms with Gasteiger partial charge in [-0.25, -0.2) is 22.6 Å². The lowest BCUT2D eigenvalue weighted by Crippen LogP contribution is -2.16. The van der Waals surface area contributed by atoms with Crippen molar-refractivity contribution in [3.63, 3.8) is 0 Å². The lowest BCUT2D eigenvalue weighted by molar-refractivity contribution is 0.0696. The number of benzene rings is 1. The second kappa shape index (κ2) is 5.49. The molecule has 2 aromatic rings.